The van der Waals surface area contributed by atoms with Gasteiger partial charge in [0.05, 0.1) is 51.8 Å². The molecule has 0 radical (unpaired) electrons. The Labute approximate surface area is 474 Å². The maximum Gasteiger partial charge on any atom is 0.337 e. The summed E-state index contributed by atoms with van der Waals surface area (Å²) < 4.78 is 96.5. The van der Waals surface area contributed by atoms with Crippen LogP contribution < -0.4 is 0 Å². The molecule has 0 aromatic carbocycles. The Morgan fingerprint density at radius 3 is 1.37 bits per heavy atom. The third-order valence-electron chi connectivity index (χ3n) is 12.9. The molecule has 0 spiro atoms. The second-order valence-corrected chi connectivity index (χ2v) is 19.2. The Morgan fingerprint density at radius 2 is 0.951 bits per heavy atom. The molecule has 29 nitrogen and oxygen atoms in total. The molecule has 0 bridgehead atoms. The molecule has 3 N–H and O–H groups in total. The van der Waals surface area contributed by atoms with Crippen molar-refractivity contribution in [3.8, 4) is 0 Å². The van der Waals surface area contributed by atoms with Crippen LogP contribution in [0.15, 0.2) is 10.2 Å². The molecule has 2 saturated heterocycles. The van der Waals surface area contributed by atoms with Crippen molar-refractivity contribution in [3.63, 3.8) is 0 Å². The molecule has 18 atom stereocenters. The normalized spacial score (nSPS) is 25.8. The van der Waals surface area contributed by atoms with Gasteiger partial charge >= 0.3 is 23.9 Å². The van der Waals surface area contributed by atoms with E-state index in [1.807, 2.05) is 34.6 Å². The number of ether oxygens (including phenoxy) is 16. The molecular weight excluding hydrogens is 1080 g/mol. The minimum atomic E-state index is -1.92. The van der Waals surface area contributed by atoms with Gasteiger partial charge in [-0.2, -0.15) is 0 Å². The summed E-state index contributed by atoms with van der Waals surface area (Å²) in [4.78, 5) is 58.3. The predicted molar refractivity (Wildman–Crippen MR) is 283 cm³/mol. The van der Waals surface area contributed by atoms with Gasteiger partial charge < -0.3 is 91.1 Å². The third kappa shape index (κ3) is 24.9. The summed E-state index contributed by atoms with van der Waals surface area (Å²) in [6.07, 6.45) is -16.9. The van der Waals surface area contributed by atoms with E-state index in [0.717, 1.165) is 47.3 Å². The summed E-state index contributed by atoms with van der Waals surface area (Å²) in [7, 11) is 2.21. The molecule has 2 fully saturated rings. The van der Waals surface area contributed by atoms with Gasteiger partial charge in [0.1, 0.15) is 61.9 Å². The highest BCUT2D eigenvalue weighted by Crippen LogP contribution is 2.35. The Hall–Kier alpha value is -4.10. The number of unbranched alkanes of at least 4 members (excludes halogenated alkanes) is 5. The highest BCUT2D eigenvalue weighted by molar-refractivity contribution is 5.76. The zero-order chi connectivity index (χ0) is 60.3. The lowest BCUT2D eigenvalue weighted by Crippen LogP contribution is -2.63. The first-order valence-electron chi connectivity index (χ1n) is 28.1. The molecule has 2 aliphatic rings. The maximum atomic E-state index is 14.2. The predicted octanol–water partition coefficient (Wildman–Crippen LogP) is 4.79. The van der Waals surface area contributed by atoms with Gasteiger partial charge in [-0.1, -0.05) is 77.0 Å². The van der Waals surface area contributed by atoms with Crippen LogP contribution in [0.1, 0.15) is 127 Å². The molecule has 0 aliphatic carbocycles. The van der Waals surface area contributed by atoms with Crippen molar-refractivity contribution in [1.29, 1.82) is 0 Å². The Kier molecular flexibility index (Phi) is 37.7. The largest absolute Gasteiger partial charge is 0.467 e. The van der Waals surface area contributed by atoms with E-state index < -0.39 is 161 Å². The van der Waals surface area contributed by atoms with Crippen LogP contribution in [0.25, 0.3) is 20.9 Å². The van der Waals surface area contributed by atoms with Crippen LogP contribution in [0.3, 0.4) is 0 Å². The van der Waals surface area contributed by atoms with Gasteiger partial charge in [-0.15, -0.1) is 0 Å². The Morgan fingerprint density at radius 1 is 0.556 bits per heavy atom. The van der Waals surface area contributed by atoms with Crippen LogP contribution in [-0.2, 0) is 95.0 Å². The second kappa shape index (κ2) is 41.8. The number of hydrogen-bond donors (Lipinski definition) is 3. The third-order valence-corrected chi connectivity index (χ3v) is 12.9. The lowest BCUT2D eigenvalue weighted by Gasteiger charge is -2.47. The number of hydrogen-bond acceptors (Lipinski definition) is 25. The van der Waals surface area contributed by atoms with E-state index in [4.69, 9.17) is 75.8 Å². The zero-order valence-corrected chi connectivity index (χ0v) is 49.0. The molecule has 9 unspecified atom stereocenters. The number of azide groups is 2. The molecule has 2 aliphatic heterocycles. The number of esters is 4. The molecule has 81 heavy (non-hydrogen) atoms. The zero-order valence-electron chi connectivity index (χ0n) is 49.0. The van der Waals surface area contributed by atoms with E-state index in [1.165, 1.54) is 0 Å². The van der Waals surface area contributed by atoms with E-state index in [2.05, 4.69) is 20.1 Å². The monoisotopic (exact) mass is 1170 g/mol. The van der Waals surface area contributed by atoms with Crippen molar-refractivity contribution in [2.75, 3.05) is 73.7 Å². The second-order valence-electron chi connectivity index (χ2n) is 19.2. The van der Waals surface area contributed by atoms with Crippen molar-refractivity contribution in [2.24, 2.45) is 10.2 Å². The summed E-state index contributed by atoms with van der Waals surface area (Å²) >= 11 is 0. The number of carbonyl (C=O) groups excluding carboxylic acids is 4. The summed E-state index contributed by atoms with van der Waals surface area (Å²) in [5.41, 5.74) is 19.7. The quantitative estimate of drug-likeness (QED) is 0.0140. The highest BCUT2D eigenvalue weighted by Gasteiger charge is 2.53. The summed E-state index contributed by atoms with van der Waals surface area (Å²) in [6.45, 7) is 13.1. The number of aliphatic hydroxyl groups is 3. The van der Waals surface area contributed by atoms with E-state index in [9.17, 15) is 45.6 Å². The maximum absolute atomic E-state index is 14.2. The number of nitrogens with zero attached hydrogens (tertiary/aromatic N) is 6. The average molecular weight is 1170 g/mol. The van der Waals surface area contributed by atoms with Crippen LogP contribution >= 0.6 is 0 Å². The summed E-state index contributed by atoms with van der Waals surface area (Å²) in [6, 6.07) is -2.99. The summed E-state index contributed by atoms with van der Waals surface area (Å²) in [5, 5.41) is 40.7. The molecule has 0 aromatic heterocycles. The average Bonchev–Trinajstić information content (AvgIpc) is 3.47. The summed E-state index contributed by atoms with van der Waals surface area (Å²) in [5.74, 6) is -3.44. The molecule has 0 aromatic rings. The standard InChI is InChI=1S/C52H92N6O23/c1-12-17-22-68-31(6)41(70-24-19-14-3)47(50(64)66-10)79-37(27-59)78-44-36(30-74-34(9)62)76-52(40(56-58-54)46(44)72-26-21-16-5)81-42(32(7)69-23-18-13-2)48(51(65)67-11)80-38(28-60)77-43-35(29-73-33(8)61)75-49(63)39(55-57-53)45(43)71-25-20-15-4/h31-32,35-49,52,59-60,63H,12-30H2,1-11H3/t31-,32-,35?,36?,37?,38?,39-,40-,41-,42+,43+,44+,45?,46?,47?,48?,49?,52-/m0/s1. The first kappa shape index (κ1) is 73.0. The van der Waals surface area contributed by atoms with Crippen LogP contribution in [0.2, 0.25) is 0 Å². The molecule has 29 heteroatoms. The minimum Gasteiger partial charge on any atom is -0.467 e. The van der Waals surface area contributed by atoms with Crippen LogP contribution in [-0.4, -0.2) is 223 Å². The number of carbonyl (C=O) groups is 4. The molecule has 2 heterocycles. The Balaban J connectivity index is 2.86. The van der Waals surface area contributed by atoms with E-state index in [-0.39, 0.29) is 26.4 Å². The number of aliphatic hydroxyl groups excluding tert-OH is 3. The first-order valence-corrected chi connectivity index (χ1v) is 28.1. The van der Waals surface area contributed by atoms with Crippen molar-refractivity contribution < 1.29 is 110 Å². The van der Waals surface area contributed by atoms with Gasteiger partial charge in [-0.05, 0) is 57.0 Å². The molecule has 2 rings (SSSR count). The minimum absolute atomic E-state index is 0.0221. The van der Waals surface area contributed by atoms with E-state index >= 15 is 0 Å². The first-order chi connectivity index (χ1) is 39.0. The lowest BCUT2D eigenvalue weighted by atomic mass is 9.96. The lowest BCUT2D eigenvalue weighted by molar-refractivity contribution is -0.339. The smallest absolute Gasteiger partial charge is 0.337 e. The fraction of sp³-hybridized carbons (Fsp3) is 0.923. The van der Waals surface area contributed by atoms with Crippen molar-refractivity contribution in [1.82, 2.24) is 0 Å². The van der Waals surface area contributed by atoms with E-state index in [0.29, 0.717) is 51.6 Å². The van der Waals surface area contributed by atoms with Gasteiger partial charge in [0.15, 0.2) is 37.4 Å². The van der Waals surface area contributed by atoms with Crippen molar-refractivity contribution in [2.45, 2.75) is 237 Å². The highest BCUT2D eigenvalue weighted by atomic mass is 16.8. The van der Waals surface area contributed by atoms with Gasteiger partial charge in [0, 0.05) is 56.7 Å². The van der Waals surface area contributed by atoms with Crippen molar-refractivity contribution >= 4 is 23.9 Å². The van der Waals surface area contributed by atoms with Gasteiger partial charge in [0.2, 0.25) is 0 Å². The molecular formula is C52H92N6O23. The van der Waals surface area contributed by atoms with Crippen LogP contribution in [0.5, 0.6) is 0 Å². The Bertz CT molecular complexity index is 1870. The molecule has 0 saturated carbocycles. The van der Waals surface area contributed by atoms with Crippen LogP contribution in [0, 0.1) is 0 Å². The SMILES string of the molecule is CCCCOC1[C@H](N=[N+]=[N-])C(O)OC(COC(C)=O)[C@H]1OC(CO)OC(C(=O)OC)[C@H](O[C@@H]1OC(COC(C)=O)[C@@H](OC(CO)OC(C(=O)OC)[C@@H](OCCCC)[C@H](C)OCCCC)C(OCCCC)[C@@H]1N=[N+]=[N-])[C@H](C)OCCCC. The van der Waals surface area contributed by atoms with Gasteiger partial charge in [-0.25, -0.2) is 9.59 Å². The number of rotatable bonds is 44. The number of methoxy groups -OCH3 is 2. The fourth-order valence-electron chi connectivity index (χ4n) is 8.50. The molecule has 0 amide bonds. The van der Waals surface area contributed by atoms with E-state index in [1.54, 1.807) is 13.8 Å². The molecule has 468 valence electrons. The van der Waals surface area contributed by atoms with Gasteiger partial charge in [-0.3, -0.25) is 9.59 Å². The van der Waals surface area contributed by atoms with Gasteiger partial charge in [0.25, 0.3) is 0 Å². The van der Waals surface area contributed by atoms with Crippen LogP contribution in [0.4, 0.5) is 0 Å². The van der Waals surface area contributed by atoms with Crippen molar-refractivity contribution in [3.05, 3.63) is 20.9 Å². The fourth-order valence-corrected chi connectivity index (χ4v) is 8.50. The topological polar surface area (TPSA) is 374 Å².